The first-order valence-corrected chi connectivity index (χ1v) is 4.01. The number of alkyl halides is 3. The second-order valence-electron chi connectivity index (χ2n) is 2.02. The van der Waals surface area contributed by atoms with Crippen molar-refractivity contribution in [2.45, 2.75) is 6.18 Å². The van der Waals surface area contributed by atoms with Crippen molar-refractivity contribution in [3.8, 4) is 0 Å². The lowest BCUT2D eigenvalue weighted by Crippen LogP contribution is -3.34. The summed E-state index contributed by atoms with van der Waals surface area (Å²) in [4.78, 5) is 0. The Labute approximate surface area is 75.6 Å². The number of hydrogen-bond acceptors (Lipinski definition) is 0. The molecule has 0 aromatic heterocycles. The maximum Gasteiger partial charge on any atom is 0.416 e. The molecule has 0 heterocycles. The molecule has 0 N–H and O–H groups in total. The topological polar surface area (TPSA) is 0 Å². The summed E-state index contributed by atoms with van der Waals surface area (Å²) < 4.78 is 36.6. The van der Waals surface area contributed by atoms with E-state index < -0.39 is 11.7 Å². The summed E-state index contributed by atoms with van der Waals surface area (Å²) >= 11 is 1.68. The quantitative estimate of drug-likeness (QED) is 0.541. The third-order valence-electron chi connectivity index (χ3n) is 1.18. The molecule has 60 valence electrons. The van der Waals surface area contributed by atoms with Crippen molar-refractivity contribution in [2.75, 3.05) is 0 Å². The van der Waals surface area contributed by atoms with Gasteiger partial charge < -0.3 is 0 Å². The van der Waals surface area contributed by atoms with Gasteiger partial charge in [0.1, 0.15) is 0 Å². The van der Waals surface area contributed by atoms with Crippen LogP contribution in [0.5, 0.6) is 0 Å². The summed E-state index contributed by atoms with van der Waals surface area (Å²) in [6.07, 6.45) is -4.21. The molecule has 0 aliphatic carbocycles. The Bertz CT molecular complexity index is 237. The van der Waals surface area contributed by atoms with Gasteiger partial charge in [-0.05, 0) is 24.3 Å². The molecule has 4 heteroatoms. The molecule has 0 atom stereocenters. The van der Waals surface area contributed by atoms with Gasteiger partial charge in [0.15, 0.2) is 3.57 Å². The van der Waals surface area contributed by atoms with Crippen molar-refractivity contribution in [2.24, 2.45) is 0 Å². The second-order valence-corrected chi connectivity index (χ2v) is 3.37. The van der Waals surface area contributed by atoms with Gasteiger partial charge in [0.25, 0.3) is 22.6 Å². The minimum absolute atomic E-state index is 0.593. The van der Waals surface area contributed by atoms with Crippen molar-refractivity contribution in [1.29, 1.82) is 0 Å². The first-order chi connectivity index (χ1) is 5.00. The molecule has 0 saturated heterocycles. The fraction of sp³-hybridized carbons (Fsp3) is 0.143. The Morgan fingerprint density at radius 3 is 1.82 bits per heavy atom. The predicted molar refractivity (Wildman–Crippen MR) is 31.5 cm³/mol. The van der Waals surface area contributed by atoms with Crippen molar-refractivity contribution in [1.82, 2.24) is 0 Å². The van der Waals surface area contributed by atoms with Gasteiger partial charge in [0.05, 0.1) is 5.56 Å². The minimum atomic E-state index is -4.21. The first kappa shape index (κ1) is 8.83. The number of halogens is 4. The average Bonchev–Trinajstić information content (AvgIpc) is 1.86. The van der Waals surface area contributed by atoms with E-state index in [0.717, 1.165) is 15.7 Å². The summed E-state index contributed by atoms with van der Waals surface area (Å²) in [7, 11) is 0. The van der Waals surface area contributed by atoms with E-state index in [1.54, 1.807) is 22.6 Å². The number of rotatable bonds is 0. The van der Waals surface area contributed by atoms with Crippen LogP contribution < -0.4 is 22.6 Å². The van der Waals surface area contributed by atoms with Crippen LogP contribution in [0.15, 0.2) is 24.3 Å². The van der Waals surface area contributed by atoms with Crippen molar-refractivity contribution in [3.63, 3.8) is 0 Å². The monoisotopic (exact) mass is 273 g/mol. The van der Waals surface area contributed by atoms with Crippen molar-refractivity contribution < 1.29 is 35.8 Å². The smallest absolute Gasteiger partial charge is 0.166 e. The van der Waals surface area contributed by atoms with Gasteiger partial charge in [-0.25, -0.2) is 0 Å². The third kappa shape index (κ3) is 2.36. The highest BCUT2D eigenvalue weighted by molar-refractivity contribution is 5.17. The Hall–Kier alpha value is -0.260. The zero-order chi connectivity index (χ0) is 8.48. The van der Waals surface area contributed by atoms with Crippen LogP contribution in [0, 0.1) is 3.57 Å². The average molecular weight is 273 g/mol. The van der Waals surface area contributed by atoms with Gasteiger partial charge in [-0.1, -0.05) is 0 Å². The van der Waals surface area contributed by atoms with E-state index in [0.29, 0.717) is 0 Å². The lowest BCUT2D eigenvalue weighted by atomic mass is 10.2. The molecule has 11 heavy (non-hydrogen) atoms. The van der Waals surface area contributed by atoms with Crippen LogP contribution in [0.1, 0.15) is 5.56 Å². The van der Waals surface area contributed by atoms with Crippen LogP contribution in [0.3, 0.4) is 0 Å². The van der Waals surface area contributed by atoms with Crippen molar-refractivity contribution in [3.05, 3.63) is 33.4 Å². The molecule has 1 rings (SSSR count). The van der Waals surface area contributed by atoms with Gasteiger partial charge in [-0.2, -0.15) is 13.2 Å². The standard InChI is InChI=1S/C7H5F3I/c8-7(9,10)5-1-3-6(11)4-2-5/h1-4,11H/q+1. The summed E-state index contributed by atoms with van der Waals surface area (Å²) in [5.74, 6) is 0. The molecule has 1 aromatic rings. The molecule has 0 unspecified atom stereocenters. The fourth-order valence-electron chi connectivity index (χ4n) is 0.644. The van der Waals surface area contributed by atoms with Crippen LogP contribution in [-0.2, 0) is 6.18 Å². The lowest BCUT2D eigenvalue weighted by molar-refractivity contribution is -0.328. The van der Waals surface area contributed by atoms with Gasteiger partial charge in [0, 0.05) is 0 Å². The van der Waals surface area contributed by atoms with Gasteiger partial charge in [-0.3, -0.25) is 0 Å². The van der Waals surface area contributed by atoms with E-state index in [2.05, 4.69) is 0 Å². The Morgan fingerprint density at radius 2 is 1.45 bits per heavy atom. The highest BCUT2D eigenvalue weighted by Gasteiger charge is 2.30. The summed E-state index contributed by atoms with van der Waals surface area (Å²) in [5, 5.41) is 0. The van der Waals surface area contributed by atoms with Crippen LogP contribution in [0.4, 0.5) is 13.2 Å². The molecule has 0 bridgehead atoms. The molecule has 0 aliphatic heterocycles. The molecule has 0 aliphatic rings. The van der Waals surface area contributed by atoms with E-state index in [9.17, 15) is 13.2 Å². The summed E-state index contributed by atoms with van der Waals surface area (Å²) in [6, 6.07) is 5.07. The van der Waals surface area contributed by atoms with E-state index in [1.165, 1.54) is 12.1 Å². The van der Waals surface area contributed by atoms with Gasteiger partial charge >= 0.3 is 6.18 Å². The zero-order valence-electron chi connectivity index (χ0n) is 5.35. The van der Waals surface area contributed by atoms with E-state index >= 15 is 0 Å². The summed E-state index contributed by atoms with van der Waals surface area (Å²) in [5.41, 5.74) is -0.593. The largest absolute Gasteiger partial charge is 0.416 e. The molecule has 0 fully saturated rings. The molecule has 0 spiro atoms. The van der Waals surface area contributed by atoms with Crippen LogP contribution >= 0.6 is 0 Å². The van der Waals surface area contributed by atoms with Crippen LogP contribution in [0.2, 0.25) is 0 Å². The second kappa shape index (κ2) is 3.00. The van der Waals surface area contributed by atoms with Gasteiger partial charge in [-0.15, -0.1) is 0 Å². The Morgan fingerprint density at radius 1 is 1.00 bits per heavy atom. The highest BCUT2D eigenvalue weighted by atomic mass is 127. The van der Waals surface area contributed by atoms with E-state index in [1.807, 2.05) is 0 Å². The predicted octanol–water partition coefficient (Wildman–Crippen LogP) is -0.839. The van der Waals surface area contributed by atoms with Gasteiger partial charge in [0.2, 0.25) is 0 Å². The first-order valence-electron chi connectivity index (χ1n) is 2.84. The molecular weight excluding hydrogens is 268 g/mol. The third-order valence-corrected chi connectivity index (χ3v) is 1.96. The van der Waals surface area contributed by atoms with E-state index in [-0.39, 0.29) is 0 Å². The SMILES string of the molecule is FC(F)(F)c1ccc([IH+])cc1. The maximum atomic E-state index is 11.9. The Kier molecular flexibility index (Phi) is 2.41. The summed E-state index contributed by atoms with van der Waals surface area (Å²) in [6.45, 7) is 0. The molecular formula is C7H5F3I+. The van der Waals surface area contributed by atoms with Crippen LogP contribution in [-0.4, -0.2) is 0 Å². The number of hydrogen-bond donors (Lipinski definition) is 0. The lowest BCUT2D eigenvalue weighted by Gasteiger charge is -2.03. The molecule has 1 aromatic carbocycles. The van der Waals surface area contributed by atoms with Crippen molar-refractivity contribution >= 4 is 0 Å². The van der Waals surface area contributed by atoms with Crippen LogP contribution in [0.25, 0.3) is 0 Å². The highest BCUT2D eigenvalue weighted by Crippen LogP contribution is 2.28. The molecule has 0 amide bonds. The molecule has 0 nitrogen and oxygen atoms in total. The molecule has 0 radical (unpaired) electrons. The fourth-order valence-corrected chi connectivity index (χ4v) is 1.03. The van der Waals surface area contributed by atoms with E-state index in [4.69, 9.17) is 0 Å². The maximum absolute atomic E-state index is 11.9. The minimum Gasteiger partial charge on any atom is -0.166 e. The Balaban J connectivity index is 2.99. The zero-order valence-corrected chi connectivity index (χ0v) is 7.68. The molecule has 0 saturated carbocycles. The normalized spacial score (nSPS) is 11.6. The number of benzene rings is 1.